The fourth-order valence-electron chi connectivity index (χ4n) is 1.71. The summed E-state index contributed by atoms with van der Waals surface area (Å²) in [7, 11) is 0. The van der Waals surface area contributed by atoms with Gasteiger partial charge in [0.2, 0.25) is 0 Å². The van der Waals surface area contributed by atoms with Crippen molar-refractivity contribution < 1.29 is 0 Å². The van der Waals surface area contributed by atoms with Gasteiger partial charge in [0.15, 0.2) is 0 Å². The van der Waals surface area contributed by atoms with Gasteiger partial charge in [-0.15, -0.1) is 0 Å². The molecule has 2 aromatic rings. The van der Waals surface area contributed by atoms with Crippen LogP contribution >= 0.6 is 31.9 Å². The zero-order valence-electron chi connectivity index (χ0n) is 9.38. The quantitative estimate of drug-likeness (QED) is 0.753. The number of rotatable bonds is 1. The molecule has 16 heavy (non-hydrogen) atoms. The summed E-state index contributed by atoms with van der Waals surface area (Å²) in [6.45, 7) is 6.13. The highest BCUT2D eigenvalue weighted by molar-refractivity contribution is 9.10. The molecule has 0 saturated heterocycles. The van der Waals surface area contributed by atoms with Crippen LogP contribution in [0.5, 0.6) is 0 Å². The van der Waals surface area contributed by atoms with Crippen molar-refractivity contribution in [1.29, 1.82) is 0 Å². The first-order valence-electron chi connectivity index (χ1n) is 4.98. The summed E-state index contributed by atoms with van der Waals surface area (Å²) in [6, 6.07) is 6.28. The number of halogens is 2. The molecule has 0 atom stereocenters. The maximum Gasteiger partial charge on any atom is 0.0743 e. The Balaban J connectivity index is 2.62. The van der Waals surface area contributed by atoms with Crippen LogP contribution in [-0.4, -0.2) is 9.78 Å². The lowest BCUT2D eigenvalue weighted by Gasteiger charge is -2.06. The zero-order valence-corrected chi connectivity index (χ0v) is 12.6. The van der Waals surface area contributed by atoms with Crippen LogP contribution in [0.3, 0.4) is 0 Å². The molecular formula is C12H12Br2N2. The maximum absolute atomic E-state index is 4.51. The lowest BCUT2D eigenvalue weighted by atomic mass is 10.2. The Hall–Kier alpha value is -0.610. The van der Waals surface area contributed by atoms with E-state index in [9.17, 15) is 0 Å². The summed E-state index contributed by atoms with van der Waals surface area (Å²) < 4.78 is 4.10. The van der Waals surface area contributed by atoms with Gasteiger partial charge in [-0.25, -0.2) is 4.68 Å². The number of nitrogens with zero attached hydrogens (tertiary/aromatic N) is 2. The molecule has 0 fully saturated rings. The highest BCUT2D eigenvalue weighted by atomic mass is 79.9. The fraction of sp³-hybridized carbons (Fsp3) is 0.250. The molecule has 0 aliphatic carbocycles. The van der Waals surface area contributed by atoms with Gasteiger partial charge in [0.1, 0.15) is 0 Å². The monoisotopic (exact) mass is 342 g/mol. The van der Waals surface area contributed by atoms with Crippen molar-refractivity contribution >= 4 is 31.9 Å². The smallest absolute Gasteiger partial charge is 0.0743 e. The molecule has 1 aromatic heterocycles. The Kier molecular flexibility index (Phi) is 3.22. The molecule has 1 heterocycles. The second-order valence-electron chi connectivity index (χ2n) is 3.88. The molecule has 0 saturated carbocycles. The van der Waals surface area contributed by atoms with E-state index in [-0.39, 0.29) is 0 Å². The van der Waals surface area contributed by atoms with E-state index in [4.69, 9.17) is 0 Å². The molecule has 0 bridgehead atoms. The number of aromatic nitrogens is 2. The minimum absolute atomic E-state index is 1.01. The van der Waals surface area contributed by atoms with Gasteiger partial charge in [0.05, 0.1) is 21.5 Å². The van der Waals surface area contributed by atoms with Crippen LogP contribution in [0.1, 0.15) is 17.0 Å². The Labute approximate surface area is 112 Å². The van der Waals surface area contributed by atoms with Crippen molar-refractivity contribution in [3.05, 3.63) is 44.1 Å². The van der Waals surface area contributed by atoms with Crippen LogP contribution in [-0.2, 0) is 0 Å². The predicted molar refractivity (Wildman–Crippen MR) is 73.2 cm³/mol. The first-order chi connectivity index (χ1) is 7.49. The molecule has 0 aliphatic heterocycles. The van der Waals surface area contributed by atoms with E-state index in [0.717, 1.165) is 26.0 Å². The highest BCUT2D eigenvalue weighted by Gasteiger charge is 2.10. The molecule has 2 nitrogen and oxygen atoms in total. The normalized spacial score (nSPS) is 10.8. The summed E-state index contributed by atoms with van der Waals surface area (Å²) in [5.41, 5.74) is 4.43. The molecule has 84 valence electrons. The van der Waals surface area contributed by atoms with Crippen LogP contribution in [0, 0.1) is 20.8 Å². The van der Waals surface area contributed by atoms with E-state index in [2.05, 4.69) is 69.0 Å². The molecule has 0 spiro atoms. The van der Waals surface area contributed by atoms with Crippen molar-refractivity contribution in [2.75, 3.05) is 0 Å². The lowest BCUT2D eigenvalue weighted by molar-refractivity contribution is 0.831. The van der Waals surface area contributed by atoms with E-state index < -0.39 is 0 Å². The average Bonchev–Trinajstić information content (AvgIpc) is 2.44. The molecule has 0 radical (unpaired) electrons. The van der Waals surface area contributed by atoms with Crippen molar-refractivity contribution in [2.24, 2.45) is 0 Å². The van der Waals surface area contributed by atoms with Crippen LogP contribution in [0.2, 0.25) is 0 Å². The molecule has 0 aliphatic rings. The predicted octanol–water partition coefficient (Wildman–Crippen LogP) is 4.32. The fourth-order valence-corrected chi connectivity index (χ4v) is 2.56. The van der Waals surface area contributed by atoms with Crippen LogP contribution in [0.15, 0.2) is 27.1 Å². The Morgan fingerprint density at radius 3 is 2.25 bits per heavy atom. The minimum Gasteiger partial charge on any atom is -0.237 e. The van der Waals surface area contributed by atoms with E-state index in [0.29, 0.717) is 0 Å². The molecule has 4 heteroatoms. The molecule has 2 rings (SSSR count). The molecule has 0 unspecified atom stereocenters. The maximum atomic E-state index is 4.51. The minimum atomic E-state index is 1.01. The number of aryl methyl sites for hydroxylation is 2. The standard InChI is InChI=1S/C12H12Br2N2/c1-7-4-10(13)6-11(5-7)16-9(3)12(14)8(2)15-16/h4-6H,1-3H3. The second-order valence-corrected chi connectivity index (χ2v) is 5.59. The topological polar surface area (TPSA) is 17.8 Å². The third kappa shape index (κ3) is 2.09. The molecule has 0 amide bonds. The van der Waals surface area contributed by atoms with Crippen LogP contribution in [0.25, 0.3) is 5.69 Å². The Morgan fingerprint density at radius 1 is 1.06 bits per heavy atom. The summed E-state index contributed by atoms with van der Waals surface area (Å²) in [5.74, 6) is 0. The van der Waals surface area contributed by atoms with Gasteiger partial charge >= 0.3 is 0 Å². The van der Waals surface area contributed by atoms with Gasteiger partial charge in [0, 0.05) is 4.47 Å². The first kappa shape index (κ1) is 11.9. The van der Waals surface area contributed by atoms with Gasteiger partial charge < -0.3 is 0 Å². The summed E-state index contributed by atoms with van der Waals surface area (Å²) in [5, 5.41) is 4.51. The third-order valence-corrected chi connectivity index (χ3v) is 4.08. The van der Waals surface area contributed by atoms with Gasteiger partial charge in [0.25, 0.3) is 0 Å². The van der Waals surface area contributed by atoms with Crippen molar-refractivity contribution in [1.82, 2.24) is 9.78 Å². The first-order valence-corrected chi connectivity index (χ1v) is 6.57. The van der Waals surface area contributed by atoms with Gasteiger partial charge in [-0.1, -0.05) is 15.9 Å². The van der Waals surface area contributed by atoms with Gasteiger partial charge in [-0.05, 0) is 60.5 Å². The Morgan fingerprint density at radius 2 is 1.75 bits per heavy atom. The van der Waals surface area contributed by atoms with Crippen molar-refractivity contribution in [3.63, 3.8) is 0 Å². The van der Waals surface area contributed by atoms with Crippen molar-refractivity contribution in [2.45, 2.75) is 20.8 Å². The largest absolute Gasteiger partial charge is 0.237 e. The third-order valence-electron chi connectivity index (χ3n) is 2.47. The number of hydrogen-bond acceptors (Lipinski definition) is 1. The van der Waals surface area contributed by atoms with Gasteiger partial charge in [-0.3, -0.25) is 0 Å². The second kappa shape index (κ2) is 4.34. The average molecular weight is 344 g/mol. The number of hydrogen-bond donors (Lipinski definition) is 0. The van der Waals surface area contributed by atoms with Crippen LogP contribution in [0.4, 0.5) is 0 Å². The summed E-state index contributed by atoms with van der Waals surface area (Å²) >= 11 is 7.05. The lowest BCUT2D eigenvalue weighted by Crippen LogP contribution is -1.99. The van der Waals surface area contributed by atoms with Crippen molar-refractivity contribution in [3.8, 4) is 5.69 Å². The van der Waals surface area contributed by atoms with Gasteiger partial charge in [-0.2, -0.15) is 5.10 Å². The Bertz CT molecular complexity index is 524. The van der Waals surface area contributed by atoms with E-state index in [1.54, 1.807) is 0 Å². The number of benzene rings is 1. The summed E-state index contributed by atoms with van der Waals surface area (Å²) in [4.78, 5) is 0. The zero-order chi connectivity index (χ0) is 11.9. The van der Waals surface area contributed by atoms with E-state index in [1.807, 2.05) is 11.6 Å². The highest BCUT2D eigenvalue weighted by Crippen LogP contribution is 2.25. The molecular weight excluding hydrogens is 332 g/mol. The molecule has 1 aromatic carbocycles. The van der Waals surface area contributed by atoms with E-state index >= 15 is 0 Å². The SMILES string of the molecule is Cc1cc(Br)cc(-n2nc(C)c(Br)c2C)c1. The van der Waals surface area contributed by atoms with Crippen LogP contribution < -0.4 is 0 Å². The van der Waals surface area contributed by atoms with E-state index in [1.165, 1.54) is 5.56 Å². The molecule has 0 N–H and O–H groups in total. The summed E-state index contributed by atoms with van der Waals surface area (Å²) in [6.07, 6.45) is 0.